The fraction of sp³-hybridized carbons (Fsp3) is 0.533. The van der Waals surface area contributed by atoms with E-state index in [2.05, 4.69) is 43.0 Å². The van der Waals surface area contributed by atoms with E-state index in [1.54, 1.807) is 0 Å². The third-order valence-corrected chi connectivity index (χ3v) is 3.85. The molecule has 0 aromatic heterocycles. The maximum Gasteiger partial charge on any atom is 0.308 e. The average Bonchev–Trinajstić information content (AvgIpc) is 2.71. The van der Waals surface area contributed by atoms with Gasteiger partial charge in [-0.25, -0.2) is 0 Å². The van der Waals surface area contributed by atoms with Crippen LogP contribution in [0.5, 0.6) is 0 Å². The summed E-state index contributed by atoms with van der Waals surface area (Å²) < 4.78 is 0. The highest BCUT2D eigenvalue weighted by molar-refractivity contribution is 5.72. The number of likely N-dealkylation sites (N-methyl/N-ethyl adjacent to an activating group) is 1. The van der Waals surface area contributed by atoms with Crippen LogP contribution in [-0.4, -0.2) is 36.1 Å². The Morgan fingerprint density at radius 1 is 1.28 bits per heavy atom. The van der Waals surface area contributed by atoms with Crippen molar-refractivity contribution in [3.8, 4) is 0 Å². The molecule has 3 nitrogen and oxygen atoms in total. The summed E-state index contributed by atoms with van der Waals surface area (Å²) in [6.45, 7) is 5.81. The van der Waals surface area contributed by atoms with Crippen LogP contribution < -0.4 is 0 Å². The van der Waals surface area contributed by atoms with Crippen LogP contribution in [0.4, 0.5) is 0 Å². The lowest BCUT2D eigenvalue weighted by atomic mass is 9.88. The molecule has 0 unspecified atom stereocenters. The molecule has 2 rings (SSSR count). The summed E-state index contributed by atoms with van der Waals surface area (Å²) in [5, 5.41) is 9.28. The molecule has 0 spiro atoms. The van der Waals surface area contributed by atoms with E-state index < -0.39 is 5.97 Å². The van der Waals surface area contributed by atoms with Gasteiger partial charge >= 0.3 is 5.97 Å². The zero-order valence-corrected chi connectivity index (χ0v) is 11.3. The van der Waals surface area contributed by atoms with Crippen LogP contribution in [0.25, 0.3) is 0 Å². The van der Waals surface area contributed by atoms with Gasteiger partial charge in [-0.15, -0.1) is 0 Å². The Morgan fingerprint density at radius 2 is 1.89 bits per heavy atom. The number of carboxylic acid groups (broad SMARTS) is 1. The van der Waals surface area contributed by atoms with E-state index in [1.807, 2.05) is 7.05 Å². The van der Waals surface area contributed by atoms with Gasteiger partial charge in [0.05, 0.1) is 5.92 Å². The molecule has 0 saturated carbocycles. The first-order valence-corrected chi connectivity index (χ1v) is 6.50. The fourth-order valence-electron chi connectivity index (χ4n) is 2.72. The summed E-state index contributed by atoms with van der Waals surface area (Å²) in [6, 6.07) is 8.43. The van der Waals surface area contributed by atoms with E-state index in [1.165, 1.54) is 5.56 Å². The third-order valence-electron chi connectivity index (χ3n) is 3.85. The summed E-state index contributed by atoms with van der Waals surface area (Å²) in [6.07, 6.45) is 0. The molecule has 1 aliphatic rings. The molecule has 1 saturated heterocycles. The summed E-state index contributed by atoms with van der Waals surface area (Å²) in [7, 11) is 1.98. The minimum absolute atomic E-state index is 0.119. The molecule has 1 aromatic carbocycles. The van der Waals surface area contributed by atoms with Crippen LogP contribution in [0, 0.1) is 5.92 Å². The van der Waals surface area contributed by atoms with Crippen LogP contribution in [0.1, 0.15) is 36.8 Å². The van der Waals surface area contributed by atoms with Crippen molar-refractivity contribution in [3.05, 3.63) is 35.4 Å². The number of aliphatic carboxylic acids is 1. The number of carboxylic acids is 1. The number of carbonyl (C=O) groups is 1. The molecule has 0 bridgehead atoms. The predicted octanol–water partition coefficient (Wildman–Crippen LogP) is 2.54. The number of rotatable bonds is 3. The van der Waals surface area contributed by atoms with Crippen molar-refractivity contribution in [3.63, 3.8) is 0 Å². The van der Waals surface area contributed by atoms with Gasteiger partial charge in [-0.05, 0) is 24.1 Å². The zero-order valence-electron chi connectivity index (χ0n) is 11.3. The second kappa shape index (κ2) is 5.11. The Hall–Kier alpha value is -1.35. The molecule has 98 valence electrons. The van der Waals surface area contributed by atoms with E-state index in [9.17, 15) is 9.90 Å². The Labute approximate surface area is 108 Å². The molecule has 0 amide bonds. The Morgan fingerprint density at radius 3 is 2.39 bits per heavy atom. The molecule has 1 fully saturated rings. The second-order valence-electron chi connectivity index (χ2n) is 5.59. The van der Waals surface area contributed by atoms with Gasteiger partial charge in [-0.2, -0.15) is 0 Å². The van der Waals surface area contributed by atoms with Crippen LogP contribution in [0.3, 0.4) is 0 Å². The van der Waals surface area contributed by atoms with E-state index in [0.717, 1.165) is 12.1 Å². The van der Waals surface area contributed by atoms with Crippen molar-refractivity contribution in [2.45, 2.75) is 25.7 Å². The van der Waals surface area contributed by atoms with Crippen molar-refractivity contribution in [1.82, 2.24) is 4.90 Å². The summed E-state index contributed by atoms with van der Waals surface area (Å²) >= 11 is 0. The van der Waals surface area contributed by atoms with Gasteiger partial charge in [-0.3, -0.25) is 4.79 Å². The highest BCUT2D eigenvalue weighted by atomic mass is 16.4. The Balaban J connectivity index is 2.22. The minimum Gasteiger partial charge on any atom is -0.481 e. The molecule has 1 aliphatic heterocycles. The summed E-state index contributed by atoms with van der Waals surface area (Å²) in [4.78, 5) is 13.4. The van der Waals surface area contributed by atoms with Gasteiger partial charge in [0.15, 0.2) is 0 Å². The first-order valence-electron chi connectivity index (χ1n) is 6.50. The quantitative estimate of drug-likeness (QED) is 0.892. The van der Waals surface area contributed by atoms with Gasteiger partial charge in [0.1, 0.15) is 0 Å². The van der Waals surface area contributed by atoms with E-state index >= 15 is 0 Å². The smallest absolute Gasteiger partial charge is 0.308 e. The summed E-state index contributed by atoms with van der Waals surface area (Å²) in [5.41, 5.74) is 2.45. The first kappa shape index (κ1) is 13.1. The van der Waals surface area contributed by atoms with Crippen LogP contribution in [0.2, 0.25) is 0 Å². The molecule has 2 atom stereocenters. The normalized spacial score (nSPS) is 24.7. The van der Waals surface area contributed by atoms with Crippen molar-refractivity contribution in [2.24, 2.45) is 5.92 Å². The number of nitrogens with zero attached hydrogens (tertiary/aromatic N) is 1. The van der Waals surface area contributed by atoms with E-state index in [-0.39, 0.29) is 11.8 Å². The lowest BCUT2D eigenvalue weighted by molar-refractivity contribution is -0.141. The number of hydrogen-bond donors (Lipinski definition) is 1. The lowest BCUT2D eigenvalue weighted by Crippen LogP contribution is -2.21. The molecular formula is C15H21NO2. The molecule has 3 heteroatoms. The van der Waals surface area contributed by atoms with Gasteiger partial charge in [-0.1, -0.05) is 38.1 Å². The lowest BCUT2D eigenvalue weighted by Gasteiger charge is -2.16. The highest BCUT2D eigenvalue weighted by Crippen LogP contribution is 2.32. The monoisotopic (exact) mass is 247 g/mol. The molecule has 1 N–H and O–H groups in total. The molecule has 0 radical (unpaired) electrons. The largest absolute Gasteiger partial charge is 0.481 e. The average molecular weight is 247 g/mol. The van der Waals surface area contributed by atoms with Crippen molar-refractivity contribution < 1.29 is 9.90 Å². The van der Waals surface area contributed by atoms with Crippen LogP contribution in [0.15, 0.2) is 24.3 Å². The van der Waals surface area contributed by atoms with Gasteiger partial charge in [0.2, 0.25) is 0 Å². The summed E-state index contributed by atoms with van der Waals surface area (Å²) in [5.74, 6) is -0.327. The molecule has 1 aromatic rings. The highest BCUT2D eigenvalue weighted by Gasteiger charge is 2.36. The molecule has 0 aliphatic carbocycles. The fourth-order valence-corrected chi connectivity index (χ4v) is 2.72. The van der Waals surface area contributed by atoms with E-state index in [0.29, 0.717) is 12.5 Å². The number of hydrogen-bond acceptors (Lipinski definition) is 2. The first-order chi connectivity index (χ1) is 8.49. The third kappa shape index (κ3) is 2.56. The zero-order chi connectivity index (χ0) is 13.3. The van der Waals surface area contributed by atoms with Gasteiger partial charge in [0.25, 0.3) is 0 Å². The molecule has 18 heavy (non-hydrogen) atoms. The van der Waals surface area contributed by atoms with Crippen molar-refractivity contribution in [2.75, 3.05) is 20.1 Å². The van der Waals surface area contributed by atoms with Gasteiger partial charge < -0.3 is 10.0 Å². The standard InChI is InChI=1S/C15H21NO2/c1-10(2)11-4-6-12(7-5-11)13-8-16(3)9-14(13)15(17)18/h4-7,10,13-14H,8-9H2,1-3H3,(H,17,18)/t13-,14-/m1/s1. The van der Waals surface area contributed by atoms with E-state index in [4.69, 9.17) is 0 Å². The minimum atomic E-state index is -0.683. The SMILES string of the molecule is CC(C)c1ccc([C@H]2CN(C)C[C@H]2C(=O)O)cc1. The van der Waals surface area contributed by atoms with Crippen molar-refractivity contribution in [1.29, 1.82) is 0 Å². The predicted molar refractivity (Wildman–Crippen MR) is 71.9 cm³/mol. The number of benzene rings is 1. The molecule has 1 heterocycles. The Kier molecular flexibility index (Phi) is 3.71. The van der Waals surface area contributed by atoms with Gasteiger partial charge in [0, 0.05) is 19.0 Å². The van der Waals surface area contributed by atoms with Crippen LogP contribution in [-0.2, 0) is 4.79 Å². The second-order valence-corrected chi connectivity index (χ2v) is 5.59. The number of likely N-dealkylation sites (tertiary alicyclic amines) is 1. The Bertz CT molecular complexity index is 425. The maximum absolute atomic E-state index is 11.3. The maximum atomic E-state index is 11.3. The molecular weight excluding hydrogens is 226 g/mol. The van der Waals surface area contributed by atoms with Crippen molar-refractivity contribution >= 4 is 5.97 Å². The van der Waals surface area contributed by atoms with Crippen LogP contribution >= 0.6 is 0 Å². The topological polar surface area (TPSA) is 40.5 Å².